The lowest BCUT2D eigenvalue weighted by atomic mass is 10.1. The summed E-state index contributed by atoms with van der Waals surface area (Å²) in [4.78, 5) is 19.7. The smallest absolute Gasteiger partial charge is 0.270 e. The van der Waals surface area contributed by atoms with Gasteiger partial charge in [0.15, 0.2) is 0 Å². The summed E-state index contributed by atoms with van der Waals surface area (Å²) in [6.45, 7) is 2.27. The fourth-order valence-electron chi connectivity index (χ4n) is 3.71. The molecule has 1 N–H and O–H groups in total. The van der Waals surface area contributed by atoms with E-state index < -0.39 is 0 Å². The van der Waals surface area contributed by atoms with Gasteiger partial charge in [-0.05, 0) is 49.1 Å². The molecule has 0 atom stereocenters. The van der Waals surface area contributed by atoms with Crippen molar-refractivity contribution in [2.75, 3.05) is 31.1 Å². The number of rotatable bonds is 2. The molecule has 6 heteroatoms. The Morgan fingerprint density at radius 2 is 1.96 bits per heavy atom. The van der Waals surface area contributed by atoms with Gasteiger partial charge in [-0.2, -0.15) is 5.26 Å². The van der Waals surface area contributed by atoms with E-state index in [9.17, 15) is 9.18 Å². The Morgan fingerprint density at radius 1 is 1.16 bits per heavy atom. The van der Waals surface area contributed by atoms with E-state index in [1.165, 1.54) is 17.3 Å². The quantitative estimate of drug-likeness (QED) is 0.915. The van der Waals surface area contributed by atoms with E-state index in [4.69, 9.17) is 5.26 Å². The first-order valence-corrected chi connectivity index (χ1v) is 8.60. The number of aromatic nitrogens is 1. The molecule has 1 saturated heterocycles. The fourth-order valence-corrected chi connectivity index (χ4v) is 3.71. The summed E-state index contributed by atoms with van der Waals surface area (Å²) in [5, 5.41) is 8.83. The highest BCUT2D eigenvalue weighted by Crippen LogP contribution is 2.25. The monoisotopic (exact) mass is 338 g/mol. The number of amides is 1. The number of aryl methyl sites for hydroxylation is 2. The molecule has 128 valence electrons. The molecule has 1 aromatic carbocycles. The summed E-state index contributed by atoms with van der Waals surface area (Å²) in [5.41, 5.74) is 3.94. The van der Waals surface area contributed by atoms with Crippen LogP contribution in [0.5, 0.6) is 0 Å². The van der Waals surface area contributed by atoms with Gasteiger partial charge >= 0.3 is 0 Å². The maximum atomic E-state index is 14.2. The number of nitrogens with zero attached hydrogens (tertiary/aromatic N) is 3. The van der Waals surface area contributed by atoms with Gasteiger partial charge in [0, 0.05) is 31.9 Å². The van der Waals surface area contributed by atoms with Gasteiger partial charge < -0.3 is 14.8 Å². The number of aromatic amines is 1. The molecule has 0 spiro atoms. The second-order valence-electron chi connectivity index (χ2n) is 6.60. The van der Waals surface area contributed by atoms with Crippen LogP contribution >= 0.6 is 0 Å². The molecule has 1 fully saturated rings. The van der Waals surface area contributed by atoms with Crippen LogP contribution in [0, 0.1) is 17.1 Å². The summed E-state index contributed by atoms with van der Waals surface area (Å²) in [7, 11) is 0. The van der Waals surface area contributed by atoms with Crippen molar-refractivity contribution < 1.29 is 9.18 Å². The first-order valence-electron chi connectivity index (χ1n) is 8.60. The maximum absolute atomic E-state index is 14.2. The predicted molar refractivity (Wildman–Crippen MR) is 92.0 cm³/mol. The van der Waals surface area contributed by atoms with Crippen molar-refractivity contribution in [2.24, 2.45) is 0 Å². The number of hydrogen-bond acceptors (Lipinski definition) is 3. The molecule has 5 nitrogen and oxygen atoms in total. The number of benzene rings is 1. The van der Waals surface area contributed by atoms with E-state index >= 15 is 0 Å². The first-order chi connectivity index (χ1) is 12.2. The minimum atomic E-state index is -0.389. The minimum absolute atomic E-state index is 0.0225. The second-order valence-corrected chi connectivity index (χ2v) is 6.60. The number of anilines is 1. The van der Waals surface area contributed by atoms with Gasteiger partial charge in [-0.15, -0.1) is 0 Å². The van der Waals surface area contributed by atoms with Crippen LogP contribution in [0.2, 0.25) is 0 Å². The van der Waals surface area contributed by atoms with Crippen LogP contribution in [-0.2, 0) is 12.8 Å². The summed E-state index contributed by atoms with van der Waals surface area (Å²) in [5.74, 6) is -0.367. The number of carbonyl (C=O) groups is 1. The number of nitrogens with one attached hydrogen (secondary N) is 1. The van der Waals surface area contributed by atoms with E-state index in [-0.39, 0.29) is 11.7 Å². The molecule has 1 aliphatic carbocycles. The van der Waals surface area contributed by atoms with Crippen LogP contribution in [0.4, 0.5) is 10.1 Å². The number of nitriles is 1. The van der Waals surface area contributed by atoms with Crippen molar-refractivity contribution >= 4 is 11.6 Å². The van der Waals surface area contributed by atoms with E-state index in [0.717, 1.165) is 19.3 Å². The standard InChI is InChI=1S/C19H19FN4O/c20-15-10-13(12-21)4-5-18(15)23-6-8-24(9-7-23)19(25)17-11-14-2-1-3-16(14)22-17/h4-5,10-11,22H,1-3,6-9H2. The summed E-state index contributed by atoms with van der Waals surface area (Å²) < 4.78 is 14.2. The average Bonchev–Trinajstić information content (AvgIpc) is 3.23. The zero-order chi connectivity index (χ0) is 17.4. The number of H-pyrrole nitrogens is 1. The van der Waals surface area contributed by atoms with Crippen LogP contribution in [0.25, 0.3) is 0 Å². The Kier molecular flexibility index (Phi) is 3.92. The highest BCUT2D eigenvalue weighted by atomic mass is 19.1. The molecule has 1 amide bonds. The minimum Gasteiger partial charge on any atom is -0.366 e. The Balaban J connectivity index is 1.42. The highest BCUT2D eigenvalue weighted by molar-refractivity contribution is 5.93. The summed E-state index contributed by atoms with van der Waals surface area (Å²) in [6.07, 6.45) is 3.23. The summed E-state index contributed by atoms with van der Waals surface area (Å²) >= 11 is 0. The lowest BCUT2D eigenvalue weighted by molar-refractivity contribution is 0.0741. The van der Waals surface area contributed by atoms with Gasteiger partial charge in [0.25, 0.3) is 5.91 Å². The predicted octanol–water partition coefficient (Wildman–Crippen LogP) is 2.48. The Bertz CT molecular complexity index is 837. The van der Waals surface area contributed by atoms with Crippen molar-refractivity contribution in [2.45, 2.75) is 19.3 Å². The molecule has 0 unspecified atom stereocenters. The fraction of sp³-hybridized carbons (Fsp3) is 0.368. The Morgan fingerprint density at radius 3 is 2.64 bits per heavy atom. The van der Waals surface area contributed by atoms with Crippen molar-refractivity contribution in [3.63, 3.8) is 0 Å². The van der Waals surface area contributed by atoms with E-state index in [0.29, 0.717) is 43.1 Å². The van der Waals surface area contributed by atoms with E-state index in [1.54, 1.807) is 12.1 Å². The van der Waals surface area contributed by atoms with Crippen molar-refractivity contribution in [3.8, 4) is 6.07 Å². The molecule has 25 heavy (non-hydrogen) atoms. The molecule has 1 aliphatic heterocycles. The largest absolute Gasteiger partial charge is 0.366 e. The third-order valence-electron chi connectivity index (χ3n) is 5.08. The van der Waals surface area contributed by atoms with E-state index in [1.807, 2.05) is 21.9 Å². The van der Waals surface area contributed by atoms with Crippen LogP contribution < -0.4 is 4.90 Å². The molecule has 4 rings (SSSR count). The molecule has 0 saturated carbocycles. The van der Waals surface area contributed by atoms with Gasteiger partial charge in [-0.25, -0.2) is 4.39 Å². The molecular weight excluding hydrogens is 319 g/mol. The highest BCUT2D eigenvalue weighted by Gasteiger charge is 2.26. The van der Waals surface area contributed by atoms with Gasteiger partial charge in [0.05, 0.1) is 17.3 Å². The SMILES string of the molecule is N#Cc1ccc(N2CCN(C(=O)c3cc4c([nH]3)CCC4)CC2)c(F)c1. The molecule has 0 bridgehead atoms. The third-order valence-corrected chi connectivity index (χ3v) is 5.08. The molecule has 2 heterocycles. The lowest BCUT2D eigenvalue weighted by Crippen LogP contribution is -2.49. The molecule has 1 aromatic heterocycles. The molecule has 2 aliphatic rings. The molecule has 0 radical (unpaired) electrons. The zero-order valence-corrected chi connectivity index (χ0v) is 13.9. The van der Waals surface area contributed by atoms with Gasteiger partial charge in [-0.3, -0.25) is 4.79 Å². The third kappa shape index (κ3) is 2.86. The van der Waals surface area contributed by atoms with Crippen molar-refractivity contribution in [3.05, 3.63) is 52.6 Å². The van der Waals surface area contributed by atoms with Crippen LogP contribution in [-0.4, -0.2) is 42.0 Å². The maximum Gasteiger partial charge on any atom is 0.270 e. The van der Waals surface area contributed by atoms with Crippen LogP contribution in [0.15, 0.2) is 24.3 Å². The second kappa shape index (κ2) is 6.25. The lowest BCUT2D eigenvalue weighted by Gasteiger charge is -2.36. The Labute approximate surface area is 145 Å². The Hall–Kier alpha value is -2.81. The van der Waals surface area contributed by atoms with Crippen molar-refractivity contribution in [1.29, 1.82) is 5.26 Å². The summed E-state index contributed by atoms with van der Waals surface area (Å²) in [6, 6.07) is 8.44. The molecule has 2 aromatic rings. The molecular formula is C19H19FN4O. The topological polar surface area (TPSA) is 63.1 Å². The van der Waals surface area contributed by atoms with Crippen LogP contribution in [0.3, 0.4) is 0 Å². The van der Waals surface area contributed by atoms with E-state index in [2.05, 4.69) is 4.98 Å². The number of hydrogen-bond donors (Lipinski definition) is 1. The van der Waals surface area contributed by atoms with Gasteiger partial charge in [0.2, 0.25) is 0 Å². The number of halogens is 1. The average molecular weight is 338 g/mol. The number of carbonyl (C=O) groups excluding carboxylic acids is 1. The van der Waals surface area contributed by atoms with Crippen molar-refractivity contribution in [1.82, 2.24) is 9.88 Å². The zero-order valence-electron chi connectivity index (χ0n) is 13.9. The first kappa shape index (κ1) is 15.7. The van der Waals surface area contributed by atoms with Gasteiger partial charge in [0.1, 0.15) is 11.5 Å². The van der Waals surface area contributed by atoms with Gasteiger partial charge in [-0.1, -0.05) is 0 Å². The van der Waals surface area contributed by atoms with Crippen LogP contribution in [0.1, 0.15) is 33.7 Å². The normalized spacial score (nSPS) is 16.6. The number of fused-ring (bicyclic) bond motifs is 1. The number of piperazine rings is 1.